The van der Waals surface area contributed by atoms with Crippen LogP contribution in [0.5, 0.6) is 0 Å². The Balaban J connectivity index is 0.000000145. The topological polar surface area (TPSA) is 0 Å². The second kappa shape index (κ2) is 28.8. The molecule has 0 nitrogen and oxygen atoms in total. The predicted molar refractivity (Wildman–Crippen MR) is 381 cm³/mol. The molecule has 504 valence electrons. The minimum absolute atomic E-state index is 0.668. The molecule has 0 aromatic carbocycles. The van der Waals surface area contributed by atoms with Crippen LogP contribution in [0, 0.1) is 175 Å². The fourth-order valence-corrected chi connectivity index (χ4v) is 29.3. The van der Waals surface area contributed by atoms with Gasteiger partial charge in [0, 0.05) is 0 Å². The number of fused-ring (bicyclic) bond motifs is 15. The van der Waals surface area contributed by atoms with Gasteiger partial charge in [0.25, 0.3) is 0 Å². The summed E-state index contributed by atoms with van der Waals surface area (Å²) in [4.78, 5) is 0. The molecular formula is C87H156. The van der Waals surface area contributed by atoms with Crippen molar-refractivity contribution in [3.05, 3.63) is 0 Å². The van der Waals surface area contributed by atoms with Crippen LogP contribution in [-0.4, -0.2) is 0 Å². The molecule has 12 fully saturated rings. The Bertz CT molecular complexity index is 2110. The molecule has 87 heavy (non-hydrogen) atoms. The molecular weight excluding hydrogens is 1040 g/mol. The average Bonchev–Trinajstić information content (AvgIpc) is 1.73. The molecule has 0 spiro atoms. The third-order valence-corrected chi connectivity index (χ3v) is 34.4. The van der Waals surface area contributed by atoms with Crippen molar-refractivity contribution in [2.45, 2.75) is 375 Å². The van der Waals surface area contributed by atoms with E-state index in [9.17, 15) is 0 Å². The van der Waals surface area contributed by atoms with Crippen molar-refractivity contribution in [1.29, 1.82) is 0 Å². The maximum absolute atomic E-state index is 2.76. The van der Waals surface area contributed by atoms with E-state index < -0.39 is 0 Å². The summed E-state index contributed by atoms with van der Waals surface area (Å²) in [6.07, 6.45) is 59.5. The van der Waals surface area contributed by atoms with Crippen LogP contribution in [0.2, 0.25) is 0 Å². The van der Waals surface area contributed by atoms with E-state index in [1.165, 1.54) is 96.3 Å². The Morgan fingerprint density at radius 2 is 0.621 bits per heavy atom. The van der Waals surface area contributed by atoms with Gasteiger partial charge in [-0.2, -0.15) is 0 Å². The lowest BCUT2D eigenvalue weighted by molar-refractivity contribution is -0.121. The molecule has 0 aromatic rings. The highest BCUT2D eigenvalue weighted by Crippen LogP contribution is 2.72. The third-order valence-electron chi connectivity index (χ3n) is 34.4. The van der Waals surface area contributed by atoms with Crippen LogP contribution in [0.4, 0.5) is 0 Å². The second-order valence-electron chi connectivity index (χ2n) is 39.9. The number of rotatable bonds is 18. The van der Waals surface area contributed by atoms with Crippen molar-refractivity contribution in [2.24, 2.45) is 175 Å². The molecule has 0 amide bonds. The first-order valence-electron chi connectivity index (χ1n) is 41.3. The molecule has 0 aliphatic heterocycles. The summed E-state index contributed by atoms with van der Waals surface area (Å²) in [5, 5.41) is 0. The molecule has 0 bridgehead atoms. The lowest BCUT2D eigenvalue weighted by atomic mass is 9.44. The molecule has 27 atom stereocenters. The number of hydrogen-bond acceptors (Lipinski definition) is 0. The summed E-state index contributed by atoms with van der Waals surface area (Å²) >= 11 is 0. The van der Waals surface area contributed by atoms with Crippen LogP contribution >= 0.6 is 0 Å². The first kappa shape index (κ1) is 69.8. The normalized spacial score (nSPS) is 48.1. The Morgan fingerprint density at radius 3 is 0.966 bits per heavy atom. The first-order chi connectivity index (χ1) is 41.3. The Morgan fingerprint density at radius 1 is 0.310 bits per heavy atom. The van der Waals surface area contributed by atoms with Crippen LogP contribution in [0.15, 0.2) is 0 Å². The molecule has 0 aromatic heterocycles. The summed E-state index contributed by atoms with van der Waals surface area (Å²) in [6.45, 7) is 46.1. The Labute approximate surface area is 546 Å². The molecule has 0 saturated heterocycles. The van der Waals surface area contributed by atoms with Crippen molar-refractivity contribution in [3.63, 3.8) is 0 Å². The molecule has 12 saturated carbocycles. The van der Waals surface area contributed by atoms with Crippen LogP contribution < -0.4 is 0 Å². The lowest BCUT2D eigenvalue weighted by Crippen LogP contribution is -2.53. The zero-order valence-electron chi connectivity index (χ0n) is 62.4. The van der Waals surface area contributed by atoms with E-state index in [4.69, 9.17) is 0 Å². The van der Waals surface area contributed by atoms with Gasteiger partial charge >= 0.3 is 0 Å². The molecule has 0 heteroatoms. The van der Waals surface area contributed by atoms with Crippen molar-refractivity contribution in [2.75, 3.05) is 0 Å². The minimum Gasteiger partial charge on any atom is -0.0654 e. The standard InChI is InChI=1S/C30H54.C29H52.C28H50/c1-7-9-23-16-18-29(5)24(20-23)12-13-25-27-15-14-26(22(4)11-8-10-21(2)3)30(27,6)19-17-28(25)29;1-7-22-15-17-28(5)23(19-22)11-12-24-26-14-13-25(21(4)10-8-9-20(2)3)29(26,6)18-16-27(24)28;1-19(2)8-7-9-21(4)24-12-13-25-23-11-10-22-18-20(3)14-16-27(22,5)26(23)15-17-28(24,25)6/h21-28H,7-20H2,1-6H3;20-27H,7-19H2,1-6H3;19-26H,7-18H2,1-6H3/t22-,23+,24+,25+,26-,27+,28+,29+,30-;21-,22+,23+,24+,25-,26+,27+,28+,29-;20-,21+,22-,23-,24+,25-,26-,27-,28+/m110/s1. The smallest absolute Gasteiger partial charge is 0.0264 e. The fourth-order valence-electron chi connectivity index (χ4n) is 29.3. The van der Waals surface area contributed by atoms with Gasteiger partial charge in [0.05, 0.1) is 0 Å². The zero-order chi connectivity index (χ0) is 62.4. The highest BCUT2D eigenvalue weighted by molar-refractivity contribution is 5.13. The van der Waals surface area contributed by atoms with E-state index >= 15 is 0 Å². The van der Waals surface area contributed by atoms with E-state index in [2.05, 4.69) is 125 Å². The van der Waals surface area contributed by atoms with Gasteiger partial charge in [-0.3, -0.25) is 0 Å². The van der Waals surface area contributed by atoms with Crippen molar-refractivity contribution in [1.82, 2.24) is 0 Å². The molecule has 0 radical (unpaired) electrons. The van der Waals surface area contributed by atoms with E-state index in [-0.39, 0.29) is 0 Å². The van der Waals surface area contributed by atoms with Gasteiger partial charge in [-0.05, 0) is 341 Å². The predicted octanol–water partition coefficient (Wildman–Crippen LogP) is 27.4. The van der Waals surface area contributed by atoms with Gasteiger partial charge in [-0.15, -0.1) is 0 Å². The molecule has 0 unspecified atom stereocenters. The maximum Gasteiger partial charge on any atom is -0.0264 e. The van der Waals surface area contributed by atoms with Gasteiger partial charge in [-0.25, -0.2) is 0 Å². The van der Waals surface area contributed by atoms with Crippen LogP contribution in [0.1, 0.15) is 375 Å². The molecule has 0 N–H and O–H groups in total. The molecule has 12 aliphatic carbocycles. The monoisotopic (exact) mass is 1200 g/mol. The average molecular weight is 1200 g/mol. The molecule has 0 heterocycles. The third kappa shape index (κ3) is 13.9. The summed E-state index contributed by atoms with van der Waals surface area (Å²) in [5.41, 5.74) is 4.08. The van der Waals surface area contributed by atoms with Crippen LogP contribution in [0.25, 0.3) is 0 Å². The minimum atomic E-state index is 0.668. The SMILES string of the molecule is CC(C)CCC[C@@H](C)[C@H]1CC[C@H]2[C@@H]3CC[C@H]4C[C@@H](C)CC[C@]4(C)[C@H]3CC[C@]12C.CCC[C@H]1CC[C@@]2(C)[C@@H](CC[C@@H]3[C@@H]2CC[C@]2(C)[C@@H]([C@H](C)CCCC(C)C)CC[C@@H]32)C1.CC[C@H]1CC[C@@]2(C)[C@@H](CC[C@@H]3[C@@H]2CC[C@]2(C)[C@@H]([C@H](C)CCCC(C)C)CC[C@@H]32)C1. The Hall–Kier alpha value is 0. The molecule has 12 aliphatic rings. The summed E-state index contributed by atoms with van der Waals surface area (Å²) in [5.74, 6) is 24.4. The van der Waals surface area contributed by atoms with E-state index in [0.717, 1.165) is 142 Å². The molecule has 12 rings (SSSR count). The summed E-state index contributed by atoms with van der Waals surface area (Å²) in [7, 11) is 0. The van der Waals surface area contributed by atoms with E-state index in [0.29, 0.717) is 32.5 Å². The first-order valence-corrected chi connectivity index (χ1v) is 41.3. The zero-order valence-corrected chi connectivity index (χ0v) is 62.4. The van der Waals surface area contributed by atoms with Crippen molar-refractivity contribution in [3.8, 4) is 0 Å². The van der Waals surface area contributed by atoms with Crippen molar-refractivity contribution < 1.29 is 0 Å². The summed E-state index contributed by atoms with van der Waals surface area (Å²) < 4.78 is 0. The lowest BCUT2D eigenvalue weighted by Gasteiger charge is -2.61. The fraction of sp³-hybridized carbons (Fsp3) is 1.00. The quantitative estimate of drug-likeness (QED) is 0.128. The van der Waals surface area contributed by atoms with Gasteiger partial charge in [-0.1, -0.05) is 208 Å². The largest absolute Gasteiger partial charge is 0.0654 e. The highest BCUT2D eigenvalue weighted by Gasteiger charge is 2.64. The highest BCUT2D eigenvalue weighted by atomic mass is 14.7. The number of hydrogen-bond donors (Lipinski definition) is 0. The Kier molecular flexibility index (Phi) is 23.1. The second-order valence-corrected chi connectivity index (χ2v) is 39.9. The van der Waals surface area contributed by atoms with Crippen molar-refractivity contribution >= 4 is 0 Å². The van der Waals surface area contributed by atoms with E-state index in [1.807, 2.05) is 0 Å². The van der Waals surface area contributed by atoms with Gasteiger partial charge in [0.2, 0.25) is 0 Å². The van der Waals surface area contributed by atoms with Gasteiger partial charge in [0.15, 0.2) is 0 Å². The van der Waals surface area contributed by atoms with Gasteiger partial charge in [0.1, 0.15) is 0 Å². The van der Waals surface area contributed by atoms with Crippen LogP contribution in [0.3, 0.4) is 0 Å². The van der Waals surface area contributed by atoms with Crippen LogP contribution in [-0.2, 0) is 0 Å². The summed E-state index contributed by atoms with van der Waals surface area (Å²) in [6, 6.07) is 0. The van der Waals surface area contributed by atoms with Gasteiger partial charge < -0.3 is 0 Å². The van der Waals surface area contributed by atoms with E-state index in [1.54, 1.807) is 154 Å². The maximum atomic E-state index is 2.76.